The third-order valence-corrected chi connectivity index (χ3v) is 8.86. The van der Waals surface area contributed by atoms with E-state index in [-0.39, 0.29) is 6.61 Å². The summed E-state index contributed by atoms with van der Waals surface area (Å²) in [5.41, 5.74) is 5.31. The predicted octanol–water partition coefficient (Wildman–Crippen LogP) is 7.36. The van der Waals surface area contributed by atoms with Crippen LogP contribution in [-0.2, 0) is 13.0 Å². The number of thioether (sulfide) groups is 1. The average molecular weight is 510 g/mol. The standard InChI is InChI=1S/C28H30ClN2OS2/c1-2-3-6-20(10-14-26-30(17-18-32)23-19-22(29)12-13-24(23)33-26)11-15-27-31-16-5-8-21-7-4-9-25(34-27)28(21)31/h4,7,9-15,19,32H,2-3,5-6,8,16-18H2,1H3/q+1. The second-order valence-electron chi connectivity index (χ2n) is 8.73. The van der Waals surface area contributed by atoms with E-state index in [9.17, 15) is 5.11 Å². The summed E-state index contributed by atoms with van der Waals surface area (Å²) in [5, 5.41) is 12.8. The van der Waals surface area contributed by atoms with E-state index in [0.717, 1.165) is 28.7 Å². The zero-order chi connectivity index (χ0) is 23.5. The van der Waals surface area contributed by atoms with Crippen molar-refractivity contribution in [3.8, 4) is 0 Å². The minimum atomic E-state index is 0.101. The number of anilines is 1. The number of hydrogen-bond acceptors (Lipinski definition) is 4. The third-order valence-electron chi connectivity index (χ3n) is 6.38. The quantitative estimate of drug-likeness (QED) is 0.254. The summed E-state index contributed by atoms with van der Waals surface area (Å²) in [6.45, 7) is 4.00. The maximum absolute atomic E-state index is 9.64. The monoisotopic (exact) mass is 509 g/mol. The van der Waals surface area contributed by atoms with E-state index in [4.69, 9.17) is 11.6 Å². The maximum Gasteiger partial charge on any atom is 0.262 e. The summed E-state index contributed by atoms with van der Waals surface area (Å²) >= 11 is 9.88. The number of aliphatic hydroxyl groups excluding tert-OH is 1. The van der Waals surface area contributed by atoms with Crippen LogP contribution in [0.4, 0.5) is 5.69 Å². The molecule has 3 nitrogen and oxygen atoms in total. The Morgan fingerprint density at radius 3 is 3.03 bits per heavy atom. The van der Waals surface area contributed by atoms with Crippen LogP contribution in [-0.4, -0.2) is 18.3 Å². The number of allylic oxidation sites excluding steroid dienone is 4. The summed E-state index contributed by atoms with van der Waals surface area (Å²) in [4.78, 5) is 3.34. The fourth-order valence-electron chi connectivity index (χ4n) is 4.70. The molecule has 2 aliphatic rings. The molecule has 0 bridgehead atoms. The van der Waals surface area contributed by atoms with Crippen molar-refractivity contribution in [1.29, 1.82) is 0 Å². The summed E-state index contributed by atoms with van der Waals surface area (Å²) in [7, 11) is 0. The van der Waals surface area contributed by atoms with Crippen molar-refractivity contribution in [3.05, 3.63) is 80.8 Å². The number of hydrogen-bond donors (Lipinski definition) is 1. The molecule has 1 N–H and O–H groups in total. The Bertz CT molecular complexity index is 1290. The zero-order valence-corrected chi connectivity index (χ0v) is 21.9. The number of benzene rings is 2. The van der Waals surface area contributed by atoms with Crippen LogP contribution >= 0.6 is 34.7 Å². The van der Waals surface area contributed by atoms with Gasteiger partial charge in [-0.1, -0.05) is 72.3 Å². The van der Waals surface area contributed by atoms with E-state index in [2.05, 4.69) is 65.0 Å². The summed E-state index contributed by atoms with van der Waals surface area (Å²) in [6.07, 6.45) is 14.8. The second-order valence-corrected chi connectivity index (χ2v) is 11.3. The highest BCUT2D eigenvalue weighted by Gasteiger charge is 2.26. The Hall–Kier alpha value is -2.05. The Morgan fingerprint density at radius 1 is 1.26 bits per heavy atom. The second kappa shape index (κ2) is 10.7. The average Bonchev–Trinajstić information content (AvgIpc) is 3.38. The number of aromatic nitrogens is 1. The van der Waals surface area contributed by atoms with E-state index in [1.807, 2.05) is 23.5 Å². The first-order valence-electron chi connectivity index (χ1n) is 12.1. The Balaban J connectivity index is 1.45. The molecule has 3 heterocycles. The first kappa shape index (κ1) is 23.7. The highest BCUT2D eigenvalue weighted by Crippen LogP contribution is 2.46. The molecule has 34 heavy (non-hydrogen) atoms. The van der Waals surface area contributed by atoms with Crippen molar-refractivity contribution >= 4 is 56.7 Å². The van der Waals surface area contributed by atoms with Gasteiger partial charge in [-0.25, -0.2) is 0 Å². The predicted molar refractivity (Wildman–Crippen MR) is 147 cm³/mol. The normalized spacial score (nSPS) is 16.9. The van der Waals surface area contributed by atoms with Gasteiger partial charge in [0.1, 0.15) is 4.70 Å². The minimum Gasteiger partial charge on any atom is -0.395 e. The molecule has 0 unspecified atom stereocenters. The van der Waals surface area contributed by atoms with Gasteiger partial charge in [-0.2, -0.15) is 4.57 Å². The number of halogens is 1. The third kappa shape index (κ3) is 4.85. The fourth-order valence-corrected chi connectivity index (χ4v) is 7.07. The van der Waals surface area contributed by atoms with Crippen LogP contribution in [0, 0.1) is 0 Å². The summed E-state index contributed by atoms with van der Waals surface area (Å²) in [6, 6.07) is 12.7. The molecule has 0 saturated heterocycles. The Labute approximate surface area is 215 Å². The molecule has 0 saturated carbocycles. The van der Waals surface area contributed by atoms with Gasteiger partial charge in [-0.15, -0.1) is 0 Å². The summed E-state index contributed by atoms with van der Waals surface area (Å²) in [5.74, 6) is 0. The van der Waals surface area contributed by atoms with Gasteiger partial charge in [-0.3, -0.25) is 0 Å². The van der Waals surface area contributed by atoms with Crippen LogP contribution in [0.5, 0.6) is 0 Å². The SMILES string of the molecule is CCCCC(=C/C=C1\Sc2ccc(Cl)cc2N1CCO)/C=C/c1sc2cccc3c2[n+]1CCC3. The number of aryl methyl sites for hydroxylation is 2. The molecular formula is C28H30ClN2OS2+. The van der Waals surface area contributed by atoms with E-state index in [1.165, 1.54) is 56.9 Å². The molecule has 0 amide bonds. The lowest BCUT2D eigenvalue weighted by Crippen LogP contribution is -2.38. The van der Waals surface area contributed by atoms with E-state index in [1.54, 1.807) is 11.8 Å². The molecule has 2 aromatic carbocycles. The fraction of sp³-hybridized carbons (Fsp3) is 0.321. The van der Waals surface area contributed by atoms with Gasteiger partial charge in [0.25, 0.3) is 5.01 Å². The van der Waals surface area contributed by atoms with Gasteiger partial charge < -0.3 is 10.0 Å². The lowest BCUT2D eigenvalue weighted by molar-refractivity contribution is -0.671. The number of para-hydroxylation sites is 1. The smallest absolute Gasteiger partial charge is 0.262 e. The number of nitrogens with zero attached hydrogens (tertiary/aromatic N) is 2. The number of β-amino-alcohol motifs (C(OH)–C–C–N with tert-alkyl or cyclic N) is 1. The highest BCUT2D eigenvalue weighted by atomic mass is 35.5. The molecule has 5 rings (SSSR count). The zero-order valence-electron chi connectivity index (χ0n) is 19.5. The van der Waals surface area contributed by atoms with Gasteiger partial charge in [0.15, 0.2) is 6.54 Å². The molecule has 0 aliphatic carbocycles. The molecule has 3 aromatic rings. The molecule has 0 atom stereocenters. The van der Waals surface area contributed by atoms with Crippen molar-refractivity contribution in [1.82, 2.24) is 0 Å². The molecule has 0 fully saturated rings. The van der Waals surface area contributed by atoms with Crippen LogP contribution in [0.3, 0.4) is 0 Å². The van der Waals surface area contributed by atoms with E-state index in [0.29, 0.717) is 6.54 Å². The number of thiazole rings is 1. The molecule has 6 heteroatoms. The van der Waals surface area contributed by atoms with Crippen molar-refractivity contribution in [2.75, 3.05) is 18.1 Å². The molecule has 2 aliphatic heterocycles. The van der Waals surface area contributed by atoms with Gasteiger partial charge in [0.2, 0.25) is 5.52 Å². The largest absolute Gasteiger partial charge is 0.395 e. The minimum absolute atomic E-state index is 0.101. The van der Waals surface area contributed by atoms with Crippen molar-refractivity contribution < 1.29 is 9.67 Å². The number of fused-ring (bicyclic) bond motifs is 1. The van der Waals surface area contributed by atoms with E-state index >= 15 is 0 Å². The lowest BCUT2D eigenvalue weighted by Gasteiger charge is -2.19. The topological polar surface area (TPSA) is 27.3 Å². The van der Waals surface area contributed by atoms with Gasteiger partial charge in [0, 0.05) is 34.5 Å². The van der Waals surface area contributed by atoms with Crippen molar-refractivity contribution in [2.45, 2.75) is 50.5 Å². The first-order chi connectivity index (χ1) is 16.7. The van der Waals surface area contributed by atoms with Gasteiger partial charge >= 0.3 is 0 Å². The van der Waals surface area contributed by atoms with Crippen molar-refractivity contribution in [2.24, 2.45) is 0 Å². The molecular weight excluding hydrogens is 480 g/mol. The molecule has 1 aromatic heterocycles. The maximum atomic E-state index is 9.64. The van der Waals surface area contributed by atoms with Gasteiger partial charge in [0.05, 0.1) is 17.3 Å². The molecule has 0 radical (unpaired) electrons. The number of rotatable bonds is 8. The Kier molecular flexibility index (Phi) is 7.45. The molecule has 176 valence electrons. The first-order valence-corrected chi connectivity index (χ1v) is 14.1. The van der Waals surface area contributed by atoms with Crippen LogP contribution in [0.25, 0.3) is 16.3 Å². The highest BCUT2D eigenvalue weighted by molar-refractivity contribution is 8.03. The van der Waals surface area contributed by atoms with E-state index < -0.39 is 0 Å². The van der Waals surface area contributed by atoms with Crippen LogP contribution in [0.1, 0.15) is 43.2 Å². The molecule has 0 spiro atoms. The van der Waals surface area contributed by atoms with Crippen LogP contribution in [0.2, 0.25) is 5.02 Å². The lowest BCUT2D eigenvalue weighted by atomic mass is 10.0. The number of unbranched alkanes of at least 4 members (excludes halogenated alkanes) is 1. The van der Waals surface area contributed by atoms with Crippen molar-refractivity contribution in [3.63, 3.8) is 0 Å². The Morgan fingerprint density at radius 2 is 2.18 bits per heavy atom. The van der Waals surface area contributed by atoms with Crippen LogP contribution < -0.4 is 9.47 Å². The number of aliphatic hydroxyl groups is 1. The van der Waals surface area contributed by atoms with Crippen LogP contribution in [0.15, 0.2) is 70.1 Å². The van der Waals surface area contributed by atoms with Gasteiger partial charge in [-0.05, 0) is 55.2 Å². The summed E-state index contributed by atoms with van der Waals surface area (Å²) < 4.78 is 3.89.